The maximum Gasteiger partial charge on any atom is 0.260 e. The fourth-order valence-electron chi connectivity index (χ4n) is 3.88. The minimum Gasteiger partial charge on any atom is -0.484 e. The Balaban J connectivity index is 1.20. The molecule has 2 fully saturated rings. The molecule has 0 radical (unpaired) electrons. The average Bonchev–Trinajstić information content (AvgIpc) is 2.84. The number of carbonyl (C=O) groups is 2. The third-order valence-electron chi connectivity index (χ3n) is 5.68. The first-order chi connectivity index (χ1) is 15.2. The number of rotatable bonds is 6. The second-order valence-electron chi connectivity index (χ2n) is 7.77. The molecular formula is C24H28N2O5. The molecule has 4 rings (SSSR count). The van der Waals surface area contributed by atoms with Crippen molar-refractivity contribution in [1.29, 1.82) is 0 Å². The molecular weight excluding hydrogens is 396 g/mol. The lowest BCUT2D eigenvalue weighted by Crippen LogP contribution is -2.48. The Labute approximate surface area is 182 Å². The summed E-state index contributed by atoms with van der Waals surface area (Å²) in [6.07, 6.45) is 1.40. The van der Waals surface area contributed by atoms with Crippen LogP contribution in [-0.2, 0) is 14.3 Å². The highest BCUT2D eigenvalue weighted by molar-refractivity contribution is 5.80. The van der Waals surface area contributed by atoms with Crippen molar-refractivity contribution in [2.45, 2.75) is 12.8 Å². The first-order valence-electron chi connectivity index (χ1n) is 10.8. The molecule has 0 bridgehead atoms. The summed E-state index contributed by atoms with van der Waals surface area (Å²) in [5.41, 5.74) is 0. The Morgan fingerprint density at radius 3 is 2.10 bits per heavy atom. The second kappa shape index (κ2) is 10.3. The molecule has 164 valence electrons. The Morgan fingerprint density at radius 1 is 0.806 bits per heavy atom. The number of para-hydroxylation sites is 1. The third kappa shape index (κ3) is 5.76. The van der Waals surface area contributed by atoms with Crippen LogP contribution < -0.4 is 9.47 Å². The van der Waals surface area contributed by atoms with Crippen LogP contribution in [-0.4, -0.2) is 67.6 Å². The number of likely N-dealkylation sites (tertiary alicyclic amines) is 1. The van der Waals surface area contributed by atoms with Gasteiger partial charge in [0.25, 0.3) is 5.91 Å². The van der Waals surface area contributed by atoms with Gasteiger partial charge in [-0.15, -0.1) is 0 Å². The number of ether oxygens (including phenoxy) is 3. The normalized spacial score (nSPS) is 17.3. The van der Waals surface area contributed by atoms with Crippen molar-refractivity contribution >= 4 is 11.8 Å². The van der Waals surface area contributed by atoms with E-state index < -0.39 is 0 Å². The first-order valence-corrected chi connectivity index (χ1v) is 10.8. The lowest BCUT2D eigenvalue weighted by molar-refractivity contribution is -0.144. The molecule has 0 aliphatic carbocycles. The van der Waals surface area contributed by atoms with Gasteiger partial charge in [-0.25, -0.2) is 0 Å². The standard InChI is InChI=1S/C24H28N2O5/c27-23(25-12-10-19(11-13-25)24(28)26-14-16-29-17-15-26)18-30-20-6-8-22(9-7-20)31-21-4-2-1-3-5-21/h1-9,19H,10-18H2. The Bertz CT molecular complexity index is 857. The van der Waals surface area contributed by atoms with Gasteiger partial charge in [-0.3, -0.25) is 9.59 Å². The zero-order chi connectivity index (χ0) is 21.5. The molecule has 0 aromatic heterocycles. The van der Waals surface area contributed by atoms with E-state index in [-0.39, 0.29) is 24.3 Å². The average molecular weight is 424 g/mol. The number of nitrogens with zero attached hydrogens (tertiary/aromatic N) is 2. The van der Waals surface area contributed by atoms with Gasteiger partial charge in [-0.1, -0.05) is 18.2 Å². The molecule has 7 nitrogen and oxygen atoms in total. The SMILES string of the molecule is O=C(COc1ccc(Oc2ccccc2)cc1)N1CCC(C(=O)N2CCOCC2)CC1. The predicted octanol–water partition coefficient (Wildman–Crippen LogP) is 2.96. The highest BCUT2D eigenvalue weighted by Gasteiger charge is 2.30. The Hall–Kier alpha value is -3.06. The molecule has 0 N–H and O–H groups in total. The highest BCUT2D eigenvalue weighted by atomic mass is 16.5. The van der Waals surface area contributed by atoms with Gasteiger partial charge in [-0.05, 0) is 49.2 Å². The zero-order valence-corrected chi connectivity index (χ0v) is 17.6. The Kier molecular flexibility index (Phi) is 7.04. The van der Waals surface area contributed by atoms with Crippen LogP contribution in [0.1, 0.15) is 12.8 Å². The summed E-state index contributed by atoms with van der Waals surface area (Å²) in [7, 11) is 0. The predicted molar refractivity (Wildman–Crippen MR) is 115 cm³/mol. The largest absolute Gasteiger partial charge is 0.484 e. The monoisotopic (exact) mass is 424 g/mol. The van der Waals surface area contributed by atoms with Crippen molar-refractivity contribution in [2.75, 3.05) is 46.0 Å². The van der Waals surface area contributed by atoms with Crippen LogP contribution in [0.15, 0.2) is 54.6 Å². The van der Waals surface area contributed by atoms with Gasteiger partial charge in [0.15, 0.2) is 6.61 Å². The maximum atomic E-state index is 12.6. The molecule has 2 aliphatic rings. The summed E-state index contributed by atoms with van der Waals surface area (Å²) in [5, 5.41) is 0. The third-order valence-corrected chi connectivity index (χ3v) is 5.68. The summed E-state index contributed by atoms with van der Waals surface area (Å²) in [6, 6.07) is 16.8. The van der Waals surface area contributed by atoms with Crippen LogP contribution in [0.2, 0.25) is 0 Å². The summed E-state index contributed by atoms with van der Waals surface area (Å²) in [5.74, 6) is 2.23. The van der Waals surface area contributed by atoms with E-state index in [1.807, 2.05) is 47.4 Å². The van der Waals surface area contributed by atoms with Crippen molar-refractivity contribution < 1.29 is 23.8 Å². The molecule has 0 saturated carbocycles. The fraction of sp³-hybridized carbons (Fsp3) is 0.417. The molecule has 2 saturated heterocycles. The van der Waals surface area contributed by atoms with E-state index in [0.29, 0.717) is 63.7 Å². The Morgan fingerprint density at radius 2 is 1.42 bits per heavy atom. The molecule has 2 amide bonds. The van der Waals surface area contributed by atoms with E-state index >= 15 is 0 Å². The zero-order valence-electron chi connectivity index (χ0n) is 17.6. The number of benzene rings is 2. The van der Waals surface area contributed by atoms with E-state index in [0.717, 1.165) is 5.75 Å². The molecule has 0 spiro atoms. The number of morpholine rings is 1. The molecule has 2 aromatic carbocycles. The summed E-state index contributed by atoms with van der Waals surface area (Å²) in [6.45, 7) is 3.72. The minimum absolute atomic E-state index is 0.000210. The van der Waals surface area contributed by atoms with Gasteiger partial charge in [0.05, 0.1) is 13.2 Å². The minimum atomic E-state index is -0.0538. The number of hydrogen-bond acceptors (Lipinski definition) is 5. The number of amides is 2. The summed E-state index contributed by atoms with van der Waals surface area (Å²) in [4.78, 5) is 28.8. The van der Waals surface area contributed by atoms with E-state index in [4.69, 9.17) is 14.2 Å². The number of piperidine rings is 1. The van der Waals surface area contributed by atoms with Crippen molar-refractivity contribution in [3.8, 4) is 17.2 Å². The van der Waals surface area contributed by atoms with Crippen molar-refractivity contribution in [1.82, 2.24) is 9.80 Å². The summed E-state index contributed by atoms with van der Waals surface area (Å²) >= 11 is 0. The quantitative estimate of drug-likeness (QED) is 0.713. The molecule has 0 atom stereocenters. The molecule has 7 heteroatoms. The highest BCUT2D eigenvalue weighted by Crippen LogP contribution is 2.24. The van der Waals surface area contributed by atoms with Gasteiger partial charge in [0.2, 0.25) is 5.91 Å². The van der Waals surface area contributed by atoms with E-state index in [2.05, 4.69) is 0 Å². The number of carbonyl (C=O) groups excluding carboxylic acids is 2. The van der Waals surface area contributed by atoms with Crippen LogP contribution in [0, 0.1) is 5.92 Å². The van der Waals surface area contributed by atoms with E-state index in [1.165, 1.54) is 0 Å². The van der Waals surface area contributed by atoms with Crippen molar-refractivity contribution in [2.24, 2.45) is 5.92 Å². The molecule has 2 heterocycles. The molecule has 0 unspecified atom stereocenters. The van der Waals surface area contributed by atoms with Crippen LogP contribution in [0.5, 0.6) is 17.2 Å². The summed E-state index contributed by atoms with van der Waals surface area (Å²) < 4.78 is 16.7. The van der Waals surface area contributed by atoms with E-state index in [9.17, 15) is 9.59 Å². The first kappa shape index (κ1) is 21.2. The van der Waals surface area contributed by atoms with Crippen molar-refractivity contribution in [3.05, 3.63) is 54.6 Å². The molecule has 2 aliphatic heterocycles. The maximum absolute atomic E-state index is 12.6. The van der Waals surface area contributed by atoms with Crippen LogP contribution >= 0.6 is 0 Å². The smallest absolute Gasteiger partial charge is 0.260 e. The van der Waals surface area contributed by atoms with Gasteiger partial charge in [0, 0.05) is 32.1 Å². The lowest BCUT2D eigenvalue weighted by Gasteiger charge is -2.35. The van der Waals surface area contributed by atoms with Crippen LogP contribution in [0.4, 0.5) is 0 Å². The molecule has 2 aromatic rings. The van der Waals surface area contributed by atoms with Gasteiger partial charge in [-0.2, -0.15) is 0 Å². The molecule has 31 heavy (non-hydrogen) atoms. The van der Waals surface area contributed by atoms with Crippen molar-refractivity contribution in [3.63, 3.8) is 0 Å². The van der Waals surface area contributed by atoms with Crippen LogP contribution in [0.3, 0.4) is 0 Å². The van der Waals surface area contributed by atoms with Gasteiger partial charge < -0.3 is 24.0 Å². The lowest BCUT2D eigenvalue weighted by atomic mass is 9.95. The second-order valence-corrected chi connectivity index (χ2v) is 7.77. The van der Waals surface area contributed by atoms with E-state index in [1.54, 1.807) is 17.0 Å². The van der Waals surface area contributed by atoms with Crippen LogP contribution in [0.25, 0.3) is 0 Å². The fourth-order valence-corrected chi connectivity index (χ4v) is 3.88. The van der Waals surface area contributed by atoms with Gasteiger partial charge in [0.1, 0.15) is 17.2 Å². The number of hydrogen-bond donors (Lipinski definition) is 0. The topological polar surface area (TPSA) is 68.3 Å². The van der Waals surface area contributed by atoms with Gasteiger partial charge >= 0.3 is 0 Å².